The second-order valence-corrected chi connectivity index (χ2v) is 8.85. The number of benzene rings is 7. The first-order valence-electron chi connectivity index (χ1n) is 20.1. The van der Waals surface area contributed by atoms with E-state index in [-0.39, 0.29) is 44.7 Å². The lowest BCUT2D eigenvalue weighted by Gasteiger charge is -2.18. The summed E-state index contributed by atoms with van der Waals surface area (Å²) in [5.74, 6) is 0. The highest BCUT2D eigenvalue weighted by molar-refractivity contribution is 6.22. The van der Waals surface area contributed by atoms with Crippen molar-refractivity contribution >= 4 is 43.5 Å². The first-order chi connectivity index (χ1) is 26.0. The normalized spacial score (nSPS) is 17.3. The molecule has 0 spiro atoms. The Morgan fingerprint density at radius 2 is 0.872 bits per heavy atom. The quantitative estimate of drug-likeness (QED) is 0.215. The first kappa shape index (κ1) is 11.3. The van der Waals surface area contributed by atoms with Gasteiger partial charge in [-0.3, -0.25) is 0 Å². The van der Waals surface area contributed by atoms with Crippen molar-refractivity contribution < 1.29 is 26.3 Å². The van der Waals surface area contributed by atoms with Gasteiger partial charge in [0.15, 0.2) is 0 Å². The van der Waals surface area contributed by atoms with Gasteiger partial charge in [0, 0.05) is 10.8 Å². The largest absolute Gasteiger partial charge is 0.456 e. The molecule has 0 atom stereocenters. The minimum absolute atomic E-state index is 0.0392. The third-order valence-electron chi connectivity index (χ3n) is 6.69. The van der Waals surface area contributed by atoms with Crippen LogP contribution >= 0.6 is 0 Å². The number of hydrogen-bond donors (Lipinski definition) is 0. The molecule has 1 heterocycles. The van der Waals surface area contributed by atoms with Crippen LogP contribution < -0.4 is 0 Å². The zero-order valence-electron chi connectivity index (χ0n) is 36.0. The Balaban J connectivity index is 1.52. The first-order valence-corrected chi connectivity index (χ1v) is 12.1. The number of rotatable bonds is 3. The topological polar surface area (TPSA) is 13.1 Å². The van der Waals surface area contributed by atoms with Crippen LogP contribution in [0, 0.1) is 0 Å². The van der Waals surface area contributed by atoms with Gasteiger partial charge in [-0.25, -0.2) is 0 Å². The molecule has 1 heteroatoms. The Morgan fingerprint density at radius 1 is 0.385 bits per heavy atom. The van der Waals surface area contributed by atoms with Crippen LogP contribution in [-0.2, 0) is 0 Å². The molecule has 0 aliphatic heterocycles. The van der Waals surface area contributed by atoms with Crippen LogP contribution in [0.3, 0.4) is 0 Å². The molecule has 0 radical (unpaired) electrons. The lowest BCUT2D eigenvalue weighted by atomic mass is 9.85. The van der Waals surface area contributed by atoms with Crippen LogP contribution in [-0.4, -0.2) is 0 Å². The second-order valence-electron chi connectivity index (χ2n) is 8.85. The molecule has 0 N–H and O–H groups in total. The van der Waals surface area contributed by atoms with Crippen molar-refractivity contribution in [3.05, 3.63) is 145 Å². The number of furan rings is 1. The van der Waals surface area contributed by atoms with Gasteiger partial charge in [0.2, 0.25) is 0 Å². The molecule has 8 aromatic rings. The van der Waals surface area contributed by atoms with Gasteiger partial charge in [-0.05, 0) is 73.1 Å². The van der Waals surface area contributed by atoms with Crippen LogP contribution in [0.25, 0.3) is 76.9 Å². The molecular formula is C38H24O. The fourth-order valence-corrected chi connectivity index (χ4v) is 5.03. The molecule has 39 heavy (non-hydrogen) atoms. The molecule has 182 valence electrons. The second kappa shape index (κ2) is 8.72. The van der Waals surface area contributed by atoms with Crippen molar-refractivity contribution in [2.45, 2.75) is 0 Å². The van der Waals surface area contributed by atoms with E-state index in [4.69, 9.17) is 20.9 Å². The summed E-state index contributed by atoms with van der Waals surface area (Å²) in [6.45, 7) is 0. The van der Waals surface area contributed by atoms with Crippen molar-refractivity contribution in [1.29, 1.82) is 0 Å². The maximum atomic E-state index is 9.49. The Bertz CT molecular complexity index is 2940. The van der Waals surface area contributed by atoms with E-state index >= 15 is 0 Å². The van der Waals surface area contributed by atoms with Crippen LogP contribution in [0.1, 0.15) is 21.9 Å². The maximum absolute atomic E-state index is 9.49. The van der Waals surface area contributed by atoms with Crippen LogP contribution in [0.15, 0.2) is 150 Å². The lowest BCUT2D eigenvalue weighted by Crippen LogP contribution is -1.91. The smallest absolute Gasteiger partial charge is 0.135 e. The van der Waals surface area contributed by atoms with Crippen molar-refractivity contribution in [1.82, 2.24) is 0 Å². The van der Waals surface area contributed by atoms with E-state index in [1.807, 2.05) is 0 Å². The fourth-order valence-electron chi connectivity index (χ4n) is 5.03. The van der Waals surface area contributed by atoms with Crippen molar-refractivity contribution in [2.24, 2.45) is 0 Å². The number of hydrogen-bond acceptors (Lipinski definition) is 1. The molecule has 1 nitrogen and oxygen atoms in total. The molecule has 0 bridgehead atoms. The molecule has 0 saturated carbocycles. The summed E-state index contributed by atoms with van der Waals surface area (Å²) in [6, 6.07) is 4.48. The highest BCUT2D eigenvalue weighted by Crippen LogP contribution is 2.44. The SMILES string of the molecule is [2H]c1c([2H])c([2H])c(-c2c([2H])c([2H])c(-c3c4ccccc4c(-c4c([2H])c([2H])c5oc6c([2H])c([2H])c([2H])c([2H])c6c5c4[2H])c4ccccc34)c([2H])c2[2H])c([2H])c1[2H]. The van der Waals surface area contributed by atoms with Gasteiger partial charge in [0.25, 0.3) is 0 Å². The van der Waals surface area contributed by atoms with Gasteiger partial charge < -0.3 is 4.42 Å². The molecule has 0 aliphatic carbocycles. The van der Waals surface area contributed by atoms with Crippen molar-refractivity contribution in [3.8, 4) is 33.4 Å². The Labute approximate surface area is 249 Å². The van der Waals surface area contributed by atoms with E-state index in [9.17, 15) is 5.48 Å². The molecular weight excluding hydrogens is 472 g/mol. The Morgan fingerprint density at radius 3 is 1.54 bits per heavy atom. The van der Waals surface area contributed by atoms with Gasteiger partial charge in [0.05, 0.1) is 21.9 Å². The summed E-state index contributed by atoms with van der Waals surface area (Å²) in [5, 5.41) is 1.40. The van der Waals surface area contributed by atoms with Gasteiger partial charge in [-0.15, -0.1) is 0 Å². The van der Waals surface area contributed by atoms with E-state index in [1.165, 1.54) is 0 Å². The lowest BCUT2D eigenvalue weighted by molar-refractivity contribution is 0.669. The number of para-hydroxylation sites is 1. The minimum Gasteiger partial charge on any atom is -0.456 e. The number of fused-ring (bicyclic) bond motifs is 5. The molecule has 0 fully saturated rings. The molecule has 8 rings (SSSR count). The summed E-state index contributed by atoms with van der Waals surface area (Å²) in [5.41, 5.74) is -1.04. The average molecular weight is 513 g/mol. The minimum atomic E-state index is -0.690. The third kappa shape index (κ3) is 3.48. The Kier molecular flexibility index (Phi) is 2.53. The maximum Gasteiger partial charge on any atom is 0.135 e. The zero-order chi connectivity index (χ0) is 39.7. The summed E-state index contributed by atoms with van der Waals surface area (Å²) >= 11 is 0. The third-order valence-corrected chi connectivity index (χ3v) is 6.69. The highest BCUT2D eigenvalue weighted by Gasteiger charge is 2.17. The van der Waals surface area contributed by atoms with E-state index in [0.717, 1.165) is 0 Å². The van der Waals surface area contributed by atoms with E-state index < -0.39 is 102 Å². The van der Waals surface area contributed by atoms with Gasteiger partial charge in [0.1, 0.15) is 11.2 Å². The predicted molar refractivity (Wildman–Crippen MR) is 165 cm³/mol. The van der Waals surface area contributed by atoms with E-state index in [1.54, 1.807) is 48.5 Å². The average Bonchev–Trinajstić information content (AvgIpc) is 3.59. The standard InChI is InChI=1S/C38H24O/c1-2-10-25(11-3-1)26-18-20-27(21-19-26)37-30-13-4-6-15-32(30)38(33-16-7-5-14-31(33)37)28-22-23-36-34(24-28)29-12-8-9-17-35(29)39-36/h1-24H/i1D,2D,3D,8D,9D,10D,11D,12D,17D,18D,19D,20D,21D,22D,23D,24D. The molecule has 0 saturated heterocycles. The van der Waals surface area contributed by atoms with Crippen LogP contribution in [0.2, 0.25) is 0 Å². The summed E-state index contributed by atoms with van der Waals surface area (Å²) in [7, 11) is 0. The summed E-state index contributed by atoms with van der Waals surface area (Å²) in [6.07, 6.45) is 0. The van der Waals surface area contributed by atoms with Crippen LogP contribution in [0.4, 0.5) is 0 Å². The van der Waals surface area contributed by atoms with Crippen molar-refractivity contribution in [2.75, 3.05) is 0 Å². The van der Waals surface area contributed by atoms with Crippen molar-refractivity contribution in [3.63, 3.8) is 0 Å². The fraction of sp³-hybridized carbons (Fsp3) is 0. The Hall–Kier alpha value is -5.14. The van der Waals surface area contributed by atoms with E-state index in [0.29, 0.717) is 27.1 Å². The molecule has 0 aliphatic rings. The molecule has 0 amide bonds. The van der Waals surface area contributed by atoms with Crippen LogP contribution in [0.5, 0.6) is 0 Å². The summed E-state index contributed by atoms with van der Waals surface area (Å²) in [4.78, 5) is 0. The molecule has 1 aromatic heterocycles. The van der Waals surface area contributed by atoms with E-state index in [2.05, 4.69) is 0 Å². The summed E-state index contributed by atoms with van der Waals surface area (Å²) < 4.78 is 145. The molecule has 0 unspecified atom stereocenters. The predicted octanol–water partition coefficient (Wildman–Crippen LogP) is 10.9. The van der Waals surface area contributed by atoms with Gasteiger partial charge in [-0.2, -0.15) is 0 Å². The monoisotopic (exact) mass is 512 g/mol. The van der Waals surface area contributed by atoms with Gasteiger partial charge >= 0.3 is 0 Å². The molecule has 7 aromatic carbocycles. The zero-order valence-corrected chi connectivity index (χ0v) is 20.0. The van der Waals surface area contributed by atoms with Gasteiger partial charge in [-0.1, -0.05) is 127 Å². The highest BCUT2D eigenvalue weighted by atomic mass is 16.3.